The molecule has 1 saturated heterocycles. The van der Waals surface area contributed by atoms with Crippen LogP contribution in [0.4, 0.5) is 0 Å². The second kappa shape index (κ2) is 7.52. The lowest BCUT2D eigenvalue weighted by atomic mass is 9.97. The molecule has 0 unspecified atom stereocenters. The topological polar surface area (TPSA) is 95.3 Å². The van der Waals surface area contributed by atoms with Crippen LogP contribution in [0.5, 0.6) is 0 Å². The maximum atomic E-state index is 13.0. The summed E-state index contributed by atoms with van der Waals surface area (Å²) in [7, 11) is 2.06. The number of H-pyrrole nitrogens is 1. The monoisotopic (exact) mass is 413 g/mol. The number of nitrogens with two attached hydrogens (primary N) is 1. The molecule has 3 heterocycles. The highest BCUT2D eigenvalue weighted by molar-refractivity contribution is 6.20. The minimum atomic E-state index is -0.497. The Morgan fingerprint density at radius 1 is 1.06 bits per heavy atom. The van der Waals surface area contributed by atoms with E-state index in [1.807, 2.05) is 41.3 Å². The molecule has 4 aromatic rings. The molecule has 7 nitrogen and oxygen atoms in total. The number of carbonyl (C=O) groups is 2. The largest absolute Gasteiger partial charge is 0.366 e. The summed E-state index contributed by atoms with van der Waals surface area (Å²) in [5, 5.41) is 1.84. The van der Waals surface area contributed by atoms with Crippen molar-refractivity contribution in [1.82, 2.24) is 19.8 Å². The smallest absolute Gasteiger partial charge is 0.254 e. The van der Waals surface area contributed by atoms with Crippen molar-refractivity contribution >= 4 is 33.6 Å². The molecule has 5 rings (SSSR count). The number of nitrogens with zero attached hydrogens (tertiary/aromatic N) is 3. The Morgan fingerprint density at radius 3 is 2.58 bits per heavy atom. The summed E-state index contributed by atoms with van der Waals surface area (Å²) in [5.74, 6) is -0.473. The molecule has 2 aromatic carbocycles. The highest BCUT2D eigenvalue weighted by Gasteiger charge is 2.22. The third-order valence-corrected chi connectivity index (χ3v) is 6.03. The first-order valence-corrected chi connectivity index (χ1v) is 10.3. The number of nitrogens with one attached hydrogen (secondary N) is 1. The zero-order valence-corrected chi connectivity index (χ0v) is 17.3. The zero-order valence-electron chi connectivity index (χ0n) is 17.3. The van der Waals surface area contributed by atoms with E-state index in [0.717, 1.165) is 53.6 Å². The number of hydrogen-bond acceptors (Lipinski definition) is 4. The molecular formula is C24H23N5O2. The molecule has 2 amide bonds. The van der Waals surface area contributed by atoms with Gasteiger partial charge in [-0.05, 0) is 36.9 Å². The Balaban J connectivity index is 1.66. The lowest BCUT2D eigenvalue weighted by Gasteiger charge is -2.32. The van der Waals surface area contributed by atoms with Gasteiger partial charge in [-0.15, -0.1) is 0 Å². The van der Waals surface area contributed by atoms with Gasteiger partial charge in [0, 0.05) is 66.0 Å². The molecule has 0 atom stereocenters. The van der Waals surface area contributed by atoms with E-state index in [2.05, 4.69) is 21.9 Å². The number of amides is 2. The number of piperazine rings is 1. The molecule has 3 N–H and O–H groups in total. The lowest BCUT2D eigenvalue weighted by Crippen LogP contribution is -2.47. The van der Waals surface area contributed by atoms with Crippen molar-refractivity contribution in [3.05, 3.63) is 66.0 Å². The first kappa shape index (κ1) is 19.3. The van der Waals surface area contributed by atoms with Crippen molar-refractivity contribution in [2.75, 3.05) is 33.2 Å². The van der Waals surface area contributed by atoms with Gasteiger partial charge in [-0.25, -0.2) is 0 Å². The minimum absolute atomic E-state index is 0.0243. The number of benzene rings is 2. The van der Waals surface area contributed by atoms with Gasteiger partial charge in [-0.3, -0.25) is 14.6 Å². The summed E-state index contributed by atoms with van der Waals surface area (Å²) in [5.41, 5.74) is 10.1. The molecule has 31 heavy (non-hydrogen) atoms. The van der Waals surface area contributed by atoms with Crippen LogP contribution in [0.15, 0.2) is 54.9 Å². The summed E-state index contributed by atoms with van der Waals surface area (Å²) in [6, 6.07) is 13.2. The van der Waals surface area contributed by atoms with E-state index in [0.29, 0.717) is 16.6 Å². The molecular weight excluding hydrogens is 390 g/mol. The van der Waals surface area contributed by atoms with Gasteiger partial charge < -0.3 is 20.5 Å². The van der Waals surface area contributed by atoms with E-state index in [-0.39, 0.29) is 5.91 Å². The van der Waals surface area contributed by atoms with Crippen LogP contribution in [0.3, 0.4) is 0 Å². The standard InChI is InChI=1S/C24H23N5O2/c1-28-9-11-29(12-10-28)24(31)15-4-5-18-20(13-15)27-22-19(23(25)30)7-6-17(21(18)22)16-3-2-8-26-14-16/h2-8,13-14,27H,9-12H2,1H3,(H2,25,30). The van der Waals surface area contributed by atoms with E-state index in [1.54, 1.807) is 18.5 Å². The normalized spacial score (nSPS) is 14.9. The molecule has 2 aromatic heterocycles. The number of carbonyl (C=O) groups excluding carboxylic acids is 2. The molecule has 1 fully saturated rings. The number of fused-ring (bicyclic) bond motifs is 3. The van der Waals surface area contributed by atoms with Crippen LogP contribution < -0.4 is 5.73 Å². The SMILES string of the molecule is CN1CCN(C(=O)c2ccc3c(c2)[nH]c2c(C(N)=O)ccc(-c4cccnc4)c23)CC1. The average Bonchev–Trinajstić information content (AvgIpc) is 3.17. The van der Waals surface area contributed by atoms with Gasteiger partial charge >= 0.3 is 0 Å². The van der Waals surface area contributed by atoms with Gasteiger partial charge in [0.15, 0.2) is 0 Å². The maximum Gasteiger partial charge on any atom is 0.254 e. The molecule has 7 heteroatoms. The van der Waals surface area contributed by atoms with Crippen LogP contribution >= 0.6 is 0 Å². The van der Waals surface area contributed by atoms with Crippen LogP contribution in [-0.4, -0.2) is 64.8 Å². The summed E-state index contributed by atoms with van der Waals surface area (Å²) in [6.07, 6.45) is 3.52. The number of aromatic amines is 1. The quantitative estimate of drug-likeness (QED) is 0.540. The number of hydrogen-bond donors (Lipinski definition) is 2. The number of pyridine rings is 1. The predicted molar refractivity (Wildman–Crippen MR) is 121 cm³/mol. The van der Waals surface area contributed by atoms with Crippen LogP contribution in [-0.2, 0) is 0 Å². The van der Waals surface area contributed by atoms with Crippen molar-refractivity contribution < 1.29 is 9.59 Å². The fourth-order valence-electron chi connectivity index (χ4n) is 4.31. The van der Waals surface area contributed by atoms with Crippen LogP contribution in [0.1, 0.15) is 20.7 Å². The Morgan fingerprint density at radius 2 is 1.87 bits per heavy atom. The van der Waals surface area contributed by atoms with Crippen LogP contribution in [0, 0.1) is 0 Å². The zero-order chi connectivity index (χ0) is 21.5. The van der Waals surface area contributed by atoms with Gasteiger partial charge in [-0.1, -0.05) is 18.2 Å². The van der Waals surface area contributed by atoms with Gasteiger partial charge in [0.25, 0.3) is 11.8 Å². The summed E-state index contributed by atoms with van der Waals surface area (Å²) in [6.45, 7) is 3.18. The fraction of sp³-hybridized carbons (Fsp3) is 0.208. The first-order chi connectivity index (χ1) is 15.0. The van der Waals surface area contributed by atoms with E-state index >= 15 is 0 Å². The maximum absolute atomic E-state index is 13.0. The predicted octanol–water partition coefficient (Wildman–Crippen LogP) is 2.87. The third kappa shape index (κ3) is 3.33. The Labute approximate surface area is 179 Å². The van der Waals surface area contributed by atoms with Gasteiger partial charge in [-0.2, -0.15) is 0 Å². The molecule has 0 aliphatic carbocycles. The average molecular weight is 413 g/mol. The van der Waals surface area contributed by atoms with E-state index < -0.39 is 5.91 Å². The molecule has 1 aliphatic rings. The van der Waals surface area contributed by atoms with Crippen molar-refractivity contribution in [2.45, 2.75) is 0 Å². The highest BCUT2D eigenvalue weighted by atomic mass is 16.2. The van der Waals surface area contributed by atoms with E-state index in [9.17, 15) is 9.59 Å². The Hall–Kier alpha value is -3.71. The van der Waals surface area contributed by atoms with Crippen LogP contribution in [0.2, 0.25) is 0 Å². The van der Waals surface area contributed by atoms with Gasteiger partial charge in [0.2, 0.25) is 0 Å². The highest BCUT2D eigenvalue weighted by Crippen LogP contribution is 2.36. The number of likely N-dealkylation sites (N-methyl/N-ethyl adjacent to an activating group) is 1. The summed E-state index contributed by atoms with van der Waals surface area (Å²) < 4.78 is 0. The van der Waals surface area contributed by atoms with Crippen molar-refractivity contribution in [3.8, 4) is 11.1 Å². The van der Waals surface area contributed by atoms with Crippen molar-refractivity contribution in [2.24, 2.45) is 5.73 Å². The van der Waals surface area contributed by atoms with Crippen molar-refractivity contribution in [3.63, 3.8) is 0 Å². The van der Waals surface area contributed by atoms with E-state index in [4.69, 9.17) is 5.73 Å². The second-order valence-electron chi connectivity index (χ2n) is 8.00. The van der Waals surface area contributed by atoms with Crippen molar-refractivity contribution in [1.29, 1.82) is 0 Å². The van der Waals surface area contributed by atoms with Crippen LogP contribution in [0.25, 0.3) is 32.9 Å². The molecule has 0 saturated carbocycles. The molecule has 0 bridgehead atoms. The van der Waals surface area contributed by atoms with E-state index in [1.165, 1.54) is 0 Å². The fourth-order valence-corrected chi connectivity index (χ4v) is 4.31. The Bertz CT molecular complexity index is 1300. The molecule has 0 radical (unpaired) electrons. The molecule has 156 valence electrons. The third-order valence-electron chi connectivity index (χ3n) is 6.03. The molecule has 1 aliphatic heterocycles. The Kier molecular flexibility index (Phi) is 4.67. The summed E-state index contributed by atoms with van der Waals surface area (Å²) in [4.78, 5) is 36.8. The van der Waals surface area contributed by atoms with Gasteiger partial charge in [0.05, 0.1) is 11.1 Å². The first-order valence-electron chi connectivity index (χ1n) is 10.3. The lowest BCUT2D eigenvalue weighted by molar-refractivity contribution is 0.0664. The minimum Gasteiger partial charge on any atom is -0.366 e. The number of aromatic nitrogens is 2. The number of primary amides is 1. The molecule has 0 spiro atoms. The number of rotatable bonds is 3. The second-order valence-corrected chi connectivity index (χ2v) is 8.00. The summed E-state index contributed by atoms with van der Waals surface area (Å²) >= 11 is 0. The van der Waals surface area contributed by atoms with Gasteiger partial charge in [0.1, 0.15) is 0 Å².